The number of halogens is 1. The van der Waals surface area contributed by atoms with E-state index in [4.69, 9.17) is 0 Å². The van der Waals surface area contributed by atoms with Gasteiger partial charge in [-0.05, 0) is 66.1 Å². The van der Waals surface area contributed by atoms with Crippen LogP contribution in [0.1, 0.15) is 34.5 Å². The molecule has 0 unspecified atom stereocenters. The van der Waals surface area contributed by atoms with Crippen LogP contribution in [0.5, 0.6) is 0 Å². The first-order valence-electron chi connectivity index (χ1n) is 11.9. The number of hydrogen-bond acceptors (Lipinski definition) is 5. The molecule has 3 aliphatic heterocycles. The number of fused-ring (bicyclic) bond motifs is 2. The molecule has 7 heteroatoms. The minimum absolute atomic E-state index is 0.166. The maximum atomic E-state index is 13.5. The largest absolute Gasteiger partial charge is 0.381 e. The summed E-state index contributed by atoms with van der Waals surface area (Å²) in [5, 5.41) is 3.54. The highest BCUT2D eigenvalue weighted by atomic mass is 19.1. The second-order valence-electron chi connectivity index (χ2n) is 9.16. The lowest BCUT2D eigenvalue weighted by Crippen LogP contribution is -2.36. The van der Waals surface area contributed by atoms with Gasteiger partial charge in [0.1, 0.15) is 23.7 Å². The highest BCUT2D eigenvalue weighted by molar-refractivity contribution is 6.06. The van der Waals surface area contributed by atoms with Crippen molar-refractivity contribution in [2.45, 2.75) is 19.3 Å². The highest BCUT2D eigenvalue weighted by Gasteiger charge is 2.28. The number of carbonyl (C=O) groups is 1. The van der Waals surface area contributed by atoms with E-state index >= 15 is 0 Å². The van der Waals surface area contributed by atoms with E-state index in [0.717, 1.165) is 49.5 Å². The van der Waals surface area contributed by atoms with Crippen LogP contribution in [0, 0.1) is 11.7 Å². The van der Waals surface area contributed by atoms with Crippen LogP contribution in [0.3, 0.4) is 0 Å². The number of amides is 1. The SMILES string of the molecule is O=C(c1cc(N2CCC(C3=Cc4ccccc4NC3)CC2)ncn1)N1CCc2cc(F)ccc21. The zero-order chi connectivity index (χ0) is 23.1. The van der Waals surface area contributed by atoms with E-state index in [1.54, 1.807) is 17.0 Å². The molecule has 0 atom stereocenters. The maximum absolute atomic E-state index is 13.5. The van der Waals surface area contributed by atoms with Crippen molar-refractivity contribution < 1.29 is 9.18 Å². The third-order valence-electron chi connectivity index (χ3n) is 7.18. The van der Waals surface area contributed by atoms with Crippen LogP contribution in [-0.2, 0) is 6.42 Å². The second-order valence-corrected chi connectivity index (χ2v) is 9.16. The Hall–Kier alpha value is -3.74. The molecule has 0 spiro atoms. The van der Waals surface area contributed by atoms with Crippen molar-refractivity contribution in [1.29, 1.82) is 0 Å². The molecule has 1 fully saturated rings. The number of carbonyl (C=O) groups excluding carboxylic acids is 1. The number of rotatable bonds is 3. The first-order chi connectivity index (χ1) is 16.7. The van der Waals surface area contributed by atoms with Crippen LogP contribution < -0.4 is 15.1 Å². The van der Waals surface area contributed by atoms with E-state index in [2.05, 4.69) is 50.5 Å². The lowest BCUT2D eigenvalue weighted by atomic mass is 9.86. The van der Waals surface area contributed by atoms with Crippen molar-refractivity contribution in [2.24, 2.45) is 5.92 Å². The Morgan fingerprint density at radius 2 is 1.88 bits per heavy atom. The minimum Gasteiger partial charge on any atom is -0.381 e. The van der Waals surface area contributed by atoms with Gasteiger partial charge in [0.25, 0.3) is 5.91 Å². The fourth-order valence-corrected chi connectivity index (χ4v) is 5.33. The number of nitrogens with zero attached hydrogens (tertiary/aromatic N) is 4. The molecule has 0 radical (unpaired) electrons. The maximum Gasteiger partial charge on any atom is 0.277 e. The molecule has 0 aliphatic carbocycles. The number of anilines is 3. The Morgan fingerprint density at radius 3 is 2.76 bits per heavy atom. The van der Waals surface area contributed by atoms with Crippen LogP contribution in [0.25, 0.3) is 6.08 Å². The van der Waals surface area contributed by atoms with E-state index in [9.17, 15) is 9.18 Å². The monoisotopic (exact) mass is 455 g/mol. The topological polar surface area (TPSA) is 61.4 Å². The summed E-state index contributed by atoms with van der Waals surface area (Å²) in [6, 6.07) is 14.8. The number of nitrogens with one attached hydrogen (secondary N) is 1. The molecule has 4 heterocycles. The lowest BCUT2D eigenvalue weighted by Gasteiger charge is -2.35. The zero-order valence-electron chi connectivity index (χ0n) is 18.9. The van der Waals surface area contributed by atoms with Gasteiger partial charge in [-0.15, -0.1) is 0 Å². The van der Waals surface area contributed by atoms with Gasteiger partial charge in [0.2, 0.25) is 0 Å². The fraction of sp³-hybridized carbons (Fsp3) is 0.296. The molecule has 1 amide bonds. The van der Waals surface area contributed by atoms with Crippen molar-refractivity contribution in [3.8, 4) is 0 Å². The van der Waals surface area contributed by atoms with Crippen LogP contribution in [0.2, 0.25) is 0 Å². The molecule has 0 bridgehead atoms. The van der Waals surface area contributed by atoms with E-state index < -0.39 is 0 Å². The normalized spacial score (nSPS) is 17.6. The molecule has 34 heavy (non-hydrogen) atoms. The van der Waals surface area contributed by atoms with Gasteiger partial charge < -0.3 is 15.1 Å². The minimum atomic E-state index is -0.273. The van der Waals surface area contributed by atoms with Crippen molar-refractivity contribution in [1.82, 2.24) is 9.97 Å². The van der Waals surface area contributed by atoms with Crippen molar-refractivity contribution >= 4 is 29.2 Å². The standard InChI is InChI=1S/C27H26FN5O/c28-22-5-6-25-20(14-22)9-12-33(25)27(34)24-15-26(31-17-30-24)32-10-7-18(8-11-32)21-13-19-3-1-2-4-23(19)29-16-21/h1-6,13-15,17-18,29H,7-12,16H2. The predicted octanol–water partition coefficient (Wildman–Crippen LogP) is 4.54. The van der Waals surface area contributed by atoms with Gasteiger partial charge in [-0.3, -0.25) is 4.79 Å². The summed E-state index contributed by atoms with van der Waals surface area (Å²) in [6.45, 7) is 3.21. The fourth-order valence-electron chi connectivity index (χ4n) is 5.33. The van der Waals surface area contributed by atoms with Crippen molar-refractivity contribution in [3.05, 3.63) is 83.1 Å². The number of aromatic nitrogens is 2. The van der Waals surface area contributed by atoms with E-state index in [-0.39, 0.29) is 11.7 Å². The van der Waals surface area contributed by atoms with Crippen LogP contribution in [0.4, 0.5) is 21.6 Å². The van der Waals surface area contributed by atoms with Gasteiger partial charge in [0.15, 0.2) is 0 Å². The Bertz CT molecular complexity index is 1280. The molecule has 1 N–H and O–H groups in total. The van der Waals surface area contributed by atoms with E-state index in [0.29, 0.717) is 24.6 Å². The smallest absolute Gasteiger partial charge is 0.277 e. The van der Waals surface area contributed by atoms with E-state index in [1.165, 1.54) is 35.3 Å². The van der Waals surface area contributed by atoms with Gasteiger partial charge in [0, 0.05) is 43.6 Å². The summed E-state index contributed by atoms with van der Waals surface area (Å²) in [5.41, 5.74) is 5.92. The first-order valence-corrected chi connectivity index (χ1v) is 11.9. The first kappa shape index (κ1) is 20.8. The Labute approximate surface area is 198 Å². The van der Waals surface area contributed by atoms with Crippen LogP contribution in [0.15, 0.2) is 60.4 Å². The average Bonchev–Trinajstić information content (AvgIpc) is 3.31. The molecule has 0 saturated carbocycles. The average molecular weight is 456 g/mol. The molecule has 6 nitrogen and oxygen atoms in total. The number of para-hydroxylation sites is 1. The third-order valence-corrected chi connectivity index (χ3v) is 7.18. The van der Waals surface area contributed by atoms with Gasteiger partial charge in [-0.25, -0.2) is 14.4 Å². The summed E-state index contributed by atoms with van der Waals surface area (Å²) in [7, 11) is 0. The lowest BCUT2D eigenvalue weighted by molar-refractivity contribution is 0.0984. The molecule has 1 aromatic heterocycles. The summed E-state index contributed by atoms with van der Waals surface area (Å²) < 4.78 is 13.5. The molecule has 6 rings (SSSR count). The number of piperidine rings is 1. The number of hydrogen-bond donors (Lipinski definition) is 1. The van der Waals surface area contributed by atoms with Crippen molar-refractivity contribution in [2.75, 3.05) is 41.3 Å². The molecule has 2 aromatic carbocycles. The van der Waals surface area contributed by atoms with Crippen molar-refractivity contribution in [3.63, 3.8) is 0 Å². The molecular weight excluding hydrogens is 429 g/mol. The molecule has 172 valence electrons. The number of benzene rings is 2. The Balaban J connectivity index is 1.14. The summed E-state index contributed by atoms with van der Waals surface area (Å²) in [6.07, 6.45) is 6.57. The van der Waals surface area contributed by atoms with Gasteiger partial charge in [0.05, 0.1) is 0 Å². The van der Waals surface area contributed by atoms with Crippen LogP contribution in [-0.4, -0.2) is 42.1 Å². The second kappa shape index (κ2) is 8.56. The molecular formula is C27H26FN5O. The summed E-state index contributed by atoms with van der Waals surface area (Å²) >= 11 is 0. The Morgan fingerprint density at radius 1 is 1.03 bits per heavy atom. The molecule has 3 aliphatic rings. The summed E-state index contributed by atoms with van der Waals surface area (Å²) in [5.74, 6) is 0.892. The third kappa shape index (κ3) is 3.81. The highest BCUT2D eigenvalue weighted by Crippen LogP contribution is 2.33. The van der Waals surface area contributed by atoms with Gasteiger partial charge in [-0.2, -0.15) is 0 Å². The molecule has 3 aromatic rings. The predicted molar refractivity (Wildman–Crippen MR) is 132 cm³/mol. The quantitative estimate of drug-likeness (QED) is 0.628. The Kier molecular flexibility index (Phi) is 5.24. The molecule has 1 saturated heterocycles. The van der Waals surface area contributed by atoms with Crippen LogP contribution >= 0.6 is 0 Å². The van der Waals surface area contributed by atoms with Gasteiger partial charge in [-0.1, -0.05) is 24.3 Å². The zero-order valence-corrected chi connectivity index (χ0v) is 18.9. The summed E-state index contributed by atoms with van der Waals surface area (Å²) in [4.78, 5) is 25.9. The van der Waals surface area contributed by atoms with E-state index in [1.807, 2.05) is 0 Å². The van der Waals surface area contributed by atoms with Gasteiger partial charge >= 0.3 is 0 Å².